The molecule has 24 heavy (non-hydrogen) atoms. The molecule has 132 valence electrons. The number of carbonyl (C=O) groups excluding carboxylic acids is 2. The highest BCUT2D eigenvalue weighted by Crippen LogP contribution is 2.30. The molecule has 0 unspecified atom stereocenters. The fourth-order valence-electron chi connectivity index (χ4n) is 3.79. The van der Waals surface area contributed by atoms with Crippen LogP contribution in [-0.2, 0) is 9.59 Å². The summed E-state index contributed by atoms with van der Waals surface area (Å²) in [6.45, 7) is 13.0. The maximum atomic E-state index is 12.7. The molecule has 0 aromatic heterocycles. The summed E-state index contributed by atoms with van der Waals surface area (Å²) in [6, 6.07) is 7.81. The number of rotatable bonds is 4. The number of benzene rings is 1. The Labute approximate surface area is 145 Å². The summed E-state index contributed by atoms with van der Waals surface area (Å²) in [7, 11) is 0. The predicted molar refractivity (Wildman–Crippen MR) is 97.9 cm³/mol. The van der Waals surface area contributed by atoms with Crippen LogP contribution in [-0.4, -0.2) is 23.9 Å². The SMILES string of the molecule is Cc1ccccc1N1C[C@H](C(=O)NC(C)(C)CC(C)(C)C)CC1=O. The maximum Gasteiger partial charge on any atom is 0.227 e. The van der Waals surface area contributed by atoms with Crippen LogP contribution in [0.1, 0.15) is 53.0 Å². The van der Waals surface area contributed by atoms with Gasteiger partial charge in [-0.15, -0.1) is 0 Å². The van der Waals surface area contributed by atoms with Crippen LogP contribution in [0, 0.1) is 18.3 Å². The largest absolute Gasteiger partial charge is 0.351 e. The summed E-state index contributed by atoms with van der Waals surface area (Å²) in [6.07, 6.45) is 1.17. The molecule has 1 heterocycles. The summed E-state index contributed by atoms with van der Waals surface area (Å²) in [5.41, 5.74) is 1.82. The number of nitrogens with zero attached hydrogens (tertiary/aromatic N) is 1. The van der Waals surface area contributed by atoms with E-state index in [4.69, 9.17) is 0 Å². The van der Waals surface area contributed by atoms with Gasteiger partial charge in [-0.3, -0.25) is 9.59 Å². The summed E-state index contributed by atoms with van der Waals surface area (Å²) in [5, 5.41) is 3.14. The molecule has 0 saturated carbocycles. The average Bonchev–Trinajstić information content (AvgIpc) is 2.78. The van der Waals surface area contributed by atoms with Gasteiger partial charge in [0.05, 0.1) is 5.92 Å². The van der Waals surface area contributed by atoms with Crippen LogP contribution in [0.2, 0.25) is 0 Å². The first-order valence-electron chi connectivity index (χ1n) is 8.66. The van der Waals surface area contributed by atoms with Crippen molar-refractivity contribution < 1.29 is 9.59 Å². The van der Waals surface area contributed by atoms with Crippen LogP contribution in [0.15, 0.2) is 24.3 Å². The second-order valence-corrected chi connectivity index (χ2v) is 8.80. The molecule has 4 nitrogen and oxygen atoms in total. The lowest BCUT2D eigenvalue weighted by molar-refractivity contribution is -0.128. The number of nitrogens with one attached hydrogen (secondary N) is 1. The Morgan fingerprint density at radius 3 is 2.42 bits per heavy atom. The maximum absolute atomic E-state index is 12.7. The smallest absolute Gasteiger partial charge is 0.227 e. The van der Waals surface area contributed by atoms with E-state index in [2.05, 4.69) is 26.1 Å². The zero-order valence-corrected chi connectivity index (χ0v) is 15.8. The van der Waals surface area contributed by atoms with Crippen LogP contribution in [0.25, 0.3) is 0 Å². The standard InChI is InChI=1S/C20H30N2O2/c1-14-9-7-8-10-16(14)22-12-15(11-17(22)23)18(24)21-20(5,6)13-19(2,3)4/h7-10,15H,11-13H2,1-6H3,(H,21,24)/t15-/m1/s1. The number of carbonyl (C=O) groups is 2. The fourth-order valence-corrected chi connectivity index (χ4v) is 3.79. The molecule has 1 atom stereocenters. The molecular weight excluding hydrogens is 300 g/mol. The molecule has 1 saturated heterocycles. The van der Waals surface area contributed by atoms with E-state index in [1.54, 1.807) is 4.90 Å². The second-order valence-electron chi connectivity index (χ2n) is 8.80. The first-order chi connectivity index (χ1) is 11.0. The molecular formula is C20H30N2O2. The zero-order chi connectivity index (χ0) is 18.1. The van der Waals surface area contributed by atoms with E-state index in [9.17, 15) is 9.59 Å². The molecule has 1 aromatic carbocycles. The van der Waals surface area contributed by atoms with Crippen molar-refractivity contribution in [2.75, 3.05) is 11.4 Å². The van der Waals surface area contributed by atoms with Crippen molar-refractivity contribution in [3.05, 3.63) is 29.8 Å². The first kappa shape index (κ1) is 18.5. The molecule has 1 N–H and O–H groups in total. The number of amides is 2. The molecule has 0 radical (unpaired) electrons. The van der Waals surface area contributed by atoms with E-state index < -0.39 is 0 Å². The van der Waals surface area contributed by atoms with Gasteiger partial charge in [0, 0.05) is 24.2 Å². The Bertz CT molecular complexity index is 629. The molecule has 0 aliphatic carbocycles. The third-order valence-corrected chi connectivity index (χ3v) is 4.34. The molecule has 1 aliphatic rings. The van der Waals surface area contributed by atoms with E-state index in [-0.39, 0.29) is 35.1 Å². The molecule has 1 aliphatic heterocycles. The van der Waals surface area contributed by atoms with Crippen molar-refractivity contribution in [3.8, 4) is 0 Å². The third-order valence-electron chi connectivity index (χ3n) is 4.34. The van der Waals surface area contributed by atoms with Crippen molar-refractivity contribution in [1.82, 2.24) is 5.32 Å². The Balaban J connectivity index is 2.05. The minimum atomic E-state index is -0.283. The van der Waals surface area contributed by atoms with E-state index in [1.165, 1.54) is 0 Å². The monoisotopic (exact) mass is 330 g/mol. The van der Waals surface area contributed by atoms with E-state index in [0.29, 0.717) is 6.54 Å². The number of hydrogen-bond donors (Lipinski definition) is 1. The van der Waals surface area contributed by atoms with Crippen LogP contribution in [0.5, 0.6) is 0 Å². The lowest BCUT2D eigenvalue weighted by Gasteiger charge is -2.34. The van der Waals surface area contributed by atoms with Crippen LogP contribution in [0.3, 0.4) is 0 Å². The van der Waals surface area contributed by atoms with Gasteiger partial charge in [0.15, 0.2) is 0 Å². The average molecular weight is 330 g/mol. The molecule has 4 heteroatoms. The Hall–Kier alpha value is -1.84. The van der Waals surface area contributed by atoms with Crippen LogP contribution >= 0.6 is 0 Å². The van der Waals surface area contributed by atoms with Gasteiger partial charge in [-0.05, 0) is 44.2 Å². The third kappa shape index (κ3) is 4.59. The summed E-state index contributed by atoms with van der Waals surface area (Å²) < 4.78 is 0. The van der Waals surface area contributed by atoms with Crippen molar-refractivity contribution in [2.24, 2.45) is 11.3 Å². The van der Waals surface area contributed by atoms with Crippen molar-refractivity contribution in [1.29, 1.82) is 0 Å². The lowest BCUT2D eigenvalue weighted by atomic mass is 9.81. The molecule has 2 rings (SSSR count). The number of hydrogen-bond acceptors (Lipinski definition) is 2. The van der Waals surface area contributed by atoms with Gasteiger partial charge in [0.1, 0.15) is 0 Å². The van der Waals surface area contributed by atoms with Crippen LogP contribution < -0.4 is 10.2 Å². The first-order valence-corrected chi connectivity index (χ1v) is 8.66. The molecule has 0 spiro atoms. The van der Waals surface area contributed by atoms with E-state index in [1.807, 2.05) is 45.0 Å². The molecule has 1 fully saturated rings. The lowest BCUT2D eigenvalue weighted by Crippen LogP contribution is -2.48. The van der Waals surface area contributed by atoms with Gasteiger partial charge >= 0.3 is 0 Å². The van der Waals surface area contributed by atoms with Crippen molar-refractivity contribution in [2.45, 2.75) is 59.9 Å². The topological polar surface area (TPSA) is 49.4 Å². The Morgan fingerprint density at radius 1 is 1.21 bits per heavy atom. The van der Waals surface area contributed by atoms with Gasteiger partial charge in [-0.1, -0.05) is 39.0 Å². The molecule has 2 amide bonds. The van der Waals surface area contributed by atoms with Crippen molar-refractivity contribution in [3.63, 3.8) is 0 Å². The predicted octanol–water partition coefficient (Wildman–Crippen LogP) is 3.68. The summed E-state index contributed by atoms with van der Waals surface area (Å²) in [4.78, 5) is 26.8. The minimum Gasteiger partial charge on any atom is -0.351 e. The number of anilines is 1. The number of aryl methyl sites for hydroxylation is 1. The number of para-hydroxylation sites is 1. The Morgan fingerprint density at radius 2 is 1.83 bits per heavy atom. The Kier molecular flexibility index (Phi) is 5.07. The minimum absolute atomic E-state index is 0.0197. The van der Waals surface area contributed by atoms with Crippen LogP contribution in [0.4, 0.5) is 5.69 Å². The van der Waals surface area contributed by atoms with Gasteiger partial charge in [-0.2, -0.15) is 0 Å². The van der Waals surface area contributed by atoms with Gasteiger partial charge in [0.25, 0.3) is 0 Å². The highest BCUT2D eigenvalue weighted by atomic mass is 16.2. The normalized spacial score (nSPS) is 18.8. The van der Waals surface area contributed by atoms with Gasteiger partial charge in [-0.25, -0.2) is 0 Å². The van der Waals surface area contributed by atoms with E-state index in [0.717, 1.165) is 17.7 Å². The van der Waals surface area contributed by atoms with Gasteiger partial charge < -0.3 is 10.2 Å². The highest BCUT2D eigenvalue weighted by molar-refractivity contribution is 6.00. The molecule has 0 bridgehead atoms. The second kappa shape index (κ2) is 6.58. The van der Waals surface area contributed by atoms with Crippen molar-refractivity contribution >= 4 is 17.5 Å². The zero-order valence-electron chi connectivity index (χ0n) is 15.8. The van der Waals surface area contributed by atoms with Gasteiger partial charge in [0.2, 0.25) is 11.8 Å². The fraction of sp³-hybridized carbons (Fsp3) is 0.600. The quantitative estimate of drug-likeness (QED) is 0.915. The summed E-state index contributed by atoms with van der Waals surface area (Å²) >= 11 is 0. The summed E-state index contributed by atoms with van der Waals surface area (Å²) in [5.74, 6) is -0.275. The van der Waals surface area contributed by atoms with E-state index >= 15 is 0 Å². The molecule has 1 aromatic rings. The highest BCUT2D eigenvalue weighted by Gasteiger charge is 2.37.